The summed E-state index contributed by atoms with van der Waals surface area (Å²) in [5.41, 5.74) is 6.73. The Morgan fingerprint density at radius 3 is 2.06 bits per heavy atom. The van der Waals surface area contributed by atoms with Crippen molar-refractivity contribution in [3.8, 4) is 11.1 Å². The van der Waals surface area contributed by atoms with Crippen molar-refractivity contribution in [1.82, 2.24) is 14.5 Å². The molecule has 5 nitrogen and oxygen atoms in total. The summed E-state index contributed by atoms with van der Waals surface area (Å²) >= 11 is 1.66. The van der Waals surface area contributed by atoms with Crippen LogP contribution < -0.4 is 5.32 Å². The first-order chi connectivity index (χ1) is 15.5. The predicted octanol–water partition coefficient (Wildman–Crippen LogP) is 4.97. The molecular formula is C26H19ArN3O2S. The summed E-state index contributed by atoms with van der Waals surface area (Å²) in [5, 5.41) is 8.61. The second-order valence-electron chi connectivity index (χ2n) is 8.10. The number of nitrogens with zero attached hydrogens (tertiary/aromatic N) is 2. The van der Waals surface area contributed by atoms with Crippen LogP contribution in [-0.2, 0) is 23.7 Å². The normalized spacial score (nSPS) is 13.8. The summed E-state index contributed by atoms with van der Waals surface area (Å²) in [6.45, 7) is 0. The van der Waals surface area contributed by atoms with Crippen LogP contribution in [0.4, 0.5) is 0 Å². The monoisotopic (exact) mass is 477 g/mol. The second-order valence-corrected chi connectivity index (χ2v) is 8.88. The van der Waals surface area contributed by atoms with Gasteiger partial charge in [-0.15, -0.1) is 0 Å². The van der Waals surface area contributed by atoms with Crippen molar-refractivity contribution in [2.24, 2.45) is 14.1 Å². The Morgan fingerprint density at radius 1 is 0.758 bits per heavy atom. The molecule has 6 rings (SSSR count). The molecule has 0 unspecified atom stereocenters. The average Bonchev–Trinajstić information content (AvgIpc) is 3.55. The molecule has 0 fully saturated rings. The minimum absolute atomic E-state index is 0. The summed E-state index contributed by atoms with van der Waals surface area (Å²) in [7, 11) is 3.92. The molecule has 33 heavy (non-hydrogen) atoms. The van der Waals surface area contributed by atoms with E-state index in [1.54, 1.807) is 11.3 Å². The van der Waals surface area contributed by atoms with Gasteiger partial charge in [0.2, 0.25) is 0 Å². The first kappa shape index (κ1) is 22.2. The molecule has 0 saturated heterocycles. The molecule has 0 bridgehead atoms. The molecule has 0 radical (unpaired) electrons. The van der Waals surface area contributed by atoms with Crippen LogP contribution in [0.5, 0.6) is 0 Å². The van der Waals surface area contributed by atoms with Crippen LogP contribution in [-0.4, -0.2) is 20.9 Å². The van der Waals surface area contributed by atoms with Crippen molar-refractivity contribution < 1.29 is 47.3 Å². The van der Waals surface area contributed by atoms with Gasteiger partial charge in [-0.05, 0) is 40.1 Å². The first-order valence-corrected chi connectivity index (χ1v) is 11.2. The van der Waals surface area contributed by atoms with E-state index in [1.165, 1.54) is 5.56 Å². The number of benzene rings is 2. The van der Waals surface area contributed by atoms with E-state index in [-0.39, 0.29) is 49.6 Å². The summed E-state index contributed by atoms with van der Waals surface area (Å²) in [6.07, 6.45) is 3.87. The van der Waals surface area contributed by atoms with E-state index >= 15 is 0 Å². The van der Waals surface area contributed by atoms with Crippen molar-refractivity contribution >= 4 is 56.1 Å². The van der Waals surface area contributed by atoms with Crippen molar-refractivity contribution in [3.63, 3.8) is 0 Å². The zero-order chi connectivity index (χ0) is 22.0. The number of para-hydroxylation sites is 1. The molecular weight excluding hydrogens is 458 g/mol. The number of carbonyl (C=O) groups is 2. The molecule has 1 N–H and O–H groups in total. The molecule has 4 heterocycles. The number of thiophene rings is 1. The van der Waals surface area contributed by atoms with E-state index in [9.17, 15) is 9.59 Å². The van der Waals surface area contributed by atoms with Crippen molar-refractivity contribution in [1.29, 1.82) is 0 Å². The fourth-order valence-corrected chi connectivity index (χ4v) is 5.37. The quantitative estimate of drug-likeness (QED) is 0.373. The number of carbonyl (C=O) groups excluding carboxylic acids is 2. The van der Waals surface area contributed by atoms with E-state index < -0.39 is 0 Å². The van der Waals surface area contributed by atoms with Crippen molar-refractivity contribution in [2.75, 3.05) is 0 Å². The van der Waals surface area contributed by atoms with E-state index in [4.69, 9.17) is 0 Å². The van der Waals surface area contributed by atoms with Crippen LogP contribution in [0.25, 0.3) is 44.1 Å². The minimum Gasteiger partial charge on any atom is -0.350 e. The standard InChI is InChI=1S/C26H19N3O2S.Ar/c1-28-12-19(17-5-3-4-6-21(17)28)23-24(26(31)27-25(23)30)20-13-29(2)22-11-15(7-8-18(20)22)16-9-10-32-14-16;/h3-14H,1-2H3,(H,27,30,31);. The summed E-state index contributed by atoms with van der Waals surface area (Å²) < 4.78 is 4.01. The largest absolute Gasteiger partial charge is 0.350 e. The van der Waals surface area contributed by atoms with Crippen LogP contribution in [0.2, 0.25) is 0 Å². The molecule has 0 spiro atoms. The Hall–Kier alpha value is -2.64. The summed E-state index contributed by atoms with van der Waals surface area (Å²) in [6, 6.07) is 16.3. The summed E-state index contributed by atoms with van der Waals surface area (Å²) in [4.78, 5) is 26.0. The number of imide groups is 1. The third-order valence-electron chi connectivity index (χ3n) is 6.21. The molecule has 164 valence electrons. The molecule has 7 heteroatoms. The number of hydrogen-bond acceptors (Lipinski definition) is 3. The smallest absolute Gasteiger partial charge is 0.259 e. The van der Waals surface area contributed by atoms with Gasteiger partial charge >= 0.3 is 0 Å². The molecule has 2 amide bonds. The van der Waals surface area contributed by atoms with E-state index in [2.05, 4.69) is 34.3 Å². The number of aromatic nitrogens is 2. The third-order valence-corrected chi connectivity index (χ3v) is 6.90. The number of aryl methyl sites for hydroxylation is 2. The predicted molar refractivity (Wildman–Crippen MR) is 129 cm³/mol. The molecule has 2 aromatic carbocycles. The van der Waals surface area contributed by atoms with Gasteiger partial charge in [-0.1, -0.05) is 30.3 Å². The minimum atomic E-state index is -0.354. The van der Waals surface area contributed by atoms with Gasteiger partial charge in [0.05, 0.1) is 11.1 Å². The van der Waals surface area contributed by atoms with Gasteiger partial charge in [0.15, 0.2) is 0 Å². The van der Waals surface area contributed by atoms with Gasteiger partial charge in [0.25, 0.3) is 11.8 Å². The number of nitrogens with one attached hydrogen (secondary N) is 1. The second kappa shape index (κ2) is 8.29. The molecule has 0 saturated carbocycles. The van der Waals surface area contributed by atoms with E-state index in [0.717, 1.165) is 38.5 Å². The fourth-order valence-electron chi connectivity index (χ4n) is 4.70. The first-order valence-electron chi connectivity index (χ1n) is 10.3. The number of fused-ring (bicyclic) bond motifs is 2. The van der Waals surface area contributed by atoms with Gasteiger partial charge in [-0.3, -0.25) is 14.9 Å². The maximum absolute atomic E-state index is 13.0. The Balaban J connectivity index is 0.00000228. The van der Waals surface area contributed by atoms with E-state index in [0.29, 0.717) is 11.1 Å². The Morgan fingerprint density at radius 2 is 1.39 bits per heavy atom. The Kier molecular flexibility index (Phi) is 5.57. The van der Waals surface area contributed by atoms with Gasteiger partial charge in [-0.25, -0.2) is 0 Å². The molecule has 1 aliphatic heterocycles. The number of rotatable bonds is 3. The SMILES string of the molecule is Cn1cc(C2=C(c3cn(C)c4cc(-c5ccsc5)ccc34)C(=O)NC2=O)c2ccccc21.[Ar]. The van der Waals surface area contributed by atoms with Crippen molar-refractivity contribution in [2.45, 2.75) is 0 Å². The van der Waals surface area contributed by atoms with Crippen molar-refractivity contribution in [3.05, 3.63) is 82.8 Å². The van der Waals surface area contributed by atoms with Gasteiger partial charge < -0.3 is 9.13 Å². The average molecular weight is 477 g/mol. The fraction of sp³-hybridized carbons (Fsp3) is 0.0769. The van der Waals surface area contributed by atoms with Crippen LogP contribution in [0, 0.1) is 37.7 Å². The molecule has 1 aliphatic rings. The van der Waals surface area contributed by atoms with Crippen LogP contribution >= 0.6 is 11.3 Å². The maximum Gasteiger partial charge on any atom is 0.259 e. The zero-order valence-electron chi connectivity index (χ0n) is 17.9. The van der Waals surface area contributed by atoms with Crippen LogP contribution in [0.3, 0.4) is 0 Å². The number of amides is 2. The molecule has 3 aromatic heterocycles. The van der Waals surface area contributed by atoms with Crippen LogP contribution in [0.1, 0.15) is 11.1 Å². The zero-order valence-corrected chi connectivity index (χ0v) is 19.4. The Labute approximate surface area is 224 Å². The molecule has 0 atom stereocenters. The van der Waals surface area contributed by atoms with E-state index in [1.807, 2.05) is 66.0 Å². The topological polar surface area (TPSA) is 56.0 Å². The Bertz CT molecular complexity index is 1610. The maximum atomic E-state index is 13.0. The van der Waals surface area contributed by atoms with Gasteiger partial charge in [-0.2, -0.15) is 11.3 Å². The molecule has 0 aliphatic carbocycles. The number of hydrogen-bond donors (Lipinski definition) is 1. The van der Waals surface area contributed by atoms with Crippen LogP contribution in [0.15, 0.2) is 71.7 Å². The van der Waals surface area contributed by atoms with Gasteiger partial charge in [0.1, 0.15) is 0 Å². The summed E-state index contributed by atoms with van der Waals surface area (Å²) in [5.74, 6) is -0.708. The van der Waals surface area contributed by atoms with Gasteiger partial charge in [0, 0.05) is 97.2 Å². The third kappa shape index (κ3) is 3.40. The molecule has 5 aromatic rings.